The first-order valence-corrected chi connectivity index (χ1v) is 19.1. The molecule has 0 radical (unpaired) electrons. The van der Waals surface area contributed by atoms with Crippen LogP contribution in [0.5, 0.6) is 0 Å². The third-order valence-corrected chi connectivity index (χ3v) is 11.4. The molecule has 0 spiro atoms. The van der Waals surface area contributed by atoms with Crippen LogP contribution in [-0.2, 0) is 5.41 Å². The standard InChI is InChI=1S/C53H40N2/c1-53(2)48-21-13-12-20-45(48)46-32-31-44(35-49(46)53)55(42-27-22-37(23-28-42)36-14-6-3-7-15-36)43-29-24-38(25-30-43)41-26-33-50-47(34-41)51(39-16-8-4-9-17-39)52(54-50)40-18-10-5-11-19-40/h3-35,54H,1-2H3. The molecule has 0 amide bonds. The molecule has 0 atom stereocenters. The van der Waals surface area contributed by atoms with Crippen LogP contribution in [0.3, 0.4) is 0 Å². The van der Waals surface area contributed by atoms with Crippen LogP contribution in [-0.4, -0.2) is 4.98 Å². The molecule has 0 bridgehead atoms. The molecule has 0 saturated heterocycles. The van der Waals surface area contributed by atoms with Gasteiger partial charge in [-0.15, -0.1) is 0 Å². The minimum absolute atomic E-state index is 0.0928. The number of benzene rings is 8. The summed E-state index contributed by atoms with van der Waals surface area (Å²) in [6, 6.07) is 72.7. The van der Waals surface area contributed by atoms with Gasteiger partial charge in [0.1, 0.15) is 0 Å². The molecule has 262 valence electrons. The van der Waals surface area contributed by atoms with Crippen LogP contribution in [0, 0.1) is 0 Å². The van der Waals surface area contributed by atoms with Gasteiger partial charge in [-0.3, -0.25) is 0 Å². The normalized spacial score (nSPS) is 12.7. The van der Waals surface area contributed by atoms with Gasteiger partial charge in [0, 0.05) is 38.9 Å². The van der Waals surface area contributed by atoms with E-state index < -0.39 is 0 Å². The number of fused-ring (bicyclic) bond motifs is 4. The van der Waals surface area contributed by atoms with Gasteiger partial charge < -0.3 is 9.88 Å². The summed E-state index contributed by atoms with van der Waals surface area (Å²) in [4.78, 5) is 6.15. The maximum Gasteiger partial charge on any atom is 0.0544 e. The Kier molecular flexibility index (Phi) is 7.85. The average molecular weight is 705 g/mol. The van der Waals surface area contributed by atoms with Crippen LogP contribution in [0.4, 0.5) is 17.1 Å². The molecule has 1 heterocycles. The highest BCUT2D eigenvalue weighted by Crippen LogP contribution is 2.51. The van der Waals surface area contributed by atoms with Crippen LogP contribution in [0.15, 0.2) is 200 Å². The molecule has 1 aromatic heterocycles. The molecule has 2 nitrogen and oxygen atoms in total. The minimum Gasteiger partial charge on any atom is -0.354 e. The molecule has 2 heteroatoms. The molecule has 0 unspecified atom stereocenters. The van der Waals surface area contributed by atoms with E-state index in [-0.39, 0.29) is 5.41 Å². The maximum absolute atomic E-state index is 3.75. The summed E-state index contributed by atoms with van der Waals surface area (Å²) in [7, 11) is 0. The second kappa shape index (κ2) is 13.2. The quantitative estimate of drug-likeness (QED) is 0.175. The van der Waals surface area contributed by atoms with Gasteiger partial charge in [0.25, 0.3) is 0 Å². The molecular formula is C53H40N2. The summed E-state index contributed by atoms with van der Waals surface area (Å²) in [5.41, 5.74) is 19.4. The Balaban J connectivity index is 1.07. The third-order valence-electron chi connectivity index (χ3n) is 11.4. The predicted octanol–water partition coefficient (Wildman–Crippen LogP) is 14.6. The number of hydrogen-bond donors (Lipinski definition) is 1. The van der Waals surface area contributed by atoms with Crippen molar-refractivity contribution in [3.8, 4) is 55.8 Å². The van der Waals surface area contributed by atoms with E-state index in [1.165, 1.54) is 66.6 Å². The topological polar surface area (TPSA) is 19.0 Å². The highest BCUT2D eigenvalue weighted by molar-refractivity contribution is 6.05. The van der Waals surface area contributed by atoms with E-state index in [0.717, 1.165) is 28.3 Å². The first-order chi connectivity index (χ1) is 27.0. The Hall–Kier alpha value is -6.90. The second-order valence-corrected chi connectivity index (χ2v) is 15.1. The number of rotatable bonds is 7. The average Bonchev–Trinajstić information content (AvgIpc) is 3.74. The van der Waals surface area contributed by atoms with Crippen LogP contribution in [0.2, 0.25) is 0 Å². The van der Waals surface area contributed by atoms with Crippen LogP contribution in [0.25, 0.3) is 66.7 Å². The number of nitrogens with zero attached hydrogens (tertiary/aromatic N) is 1. The van der Waals surface area contributed by atoms with Crippen molar-refractivity contribution in [1.82, 2.24) is 4.98 Å². The molecule has 55 heavy (non-hydrogen) atoms. The van der Waals surface area contributed by atoms with E-state index in [1.54, 1.807) is 0 Å². The molecule has 0 saturated carbocycles. The monoisotopic (exact) mass is 704 g/mol. The van der Waals surface area contributed by atoms with E-state index in [9.17, 15) is 0 Å². The molecule has 0 aliphatic heterocycles. The Morgan fingerprint density at radius 2 is 0.873 bits per heavy atom. The van der Waals surface area contributed by atoms with Crippen LogP contribution < -0.4 is 4.90 Å². The van der Waals surface area contributed by atoms with Crippen molar-refractivity contribution in [2.45, 2.75) is 19.3 Å². The maximum atomic E-state index is 3.75. The van der Waals surface area contributed by atoms with E-state index >= 15 is 0 Å². The SMILES string of the molecule is CC1(C)c2ccccc2-c2ccc(N(c3ccc(-c4ccccc4)cc3)c3ccc(-c4ccc5[nH]c(-c6ccccc6)c(-c6ccccc6)c5c4)cc3)cc21. The first-order valence-electron chi connectivity index (χ1n) is 19.1. The Morgan fingerprint density at radius 3 is 1.53 bits per heavy atom. The van der Waals surface area contributed by atoms with Crippen LogP contribution in [0.1, 0.15) is 25.0 Å². The summed E-state index contributed by atoms with van der Waals surface area (Å²) < 4.78 is 0. The van der Waals surface area contributed by atoms with Crippen molar-refractivity contribution >= 4 is 28.0 Å². The molecule has 10 rings (SSSR count). The Bertz CT molecular complexity index is 2800. The van der Waals surface area contributed by atoms with E-state index in [4.69, 9.17) is 0 Å². The summed E-state index contributed by atoms with van der Waals surface area (Å²) in [5, 5.41) is 1.22. The van der Waals surface area contributed by atoms with E-state index in [2.05, 4.69) is 224 Å². The molecule has 9 aromatic rings. The molecule has 1 N–H and O–H groups in total. The lowest BCUT2D eigenvalue weighted by molar-refractivity contribution is 0.660. The number of H-pyrrole nitrogens is 1. The fourth-order valence-electron chi connectivity index (χ4n) is 8.61. The van der Waals surface area contributed by atoms with Crippen molar-refractivity contribution < 1.29 is 0 Å². The van der Waals surface area contributed by atoms with Gasteiger partial charge in [0.15, 0.2) is 0 Å². The highest BCUT2D eigenvalue weighted by atomic mass is 15.1. The largest absolute Gasteiger partial charge is 0.354 e. The summed E-state index contributed by atoms with van der Waals surface area (Å²) in [6.45, 7) is 4.70. The van der Waals surface area contributed by atoms with Gasteiger partial charge in [-0.05, 0) is 104 Å². The minimum atomic E-state index is -0.0928. The smallest absolute Gasteiger partial charge is 0.0544 e. The molecule has 8 aromatic carbocycles. The number of aromatic amines is 1. The lowest BCUT2D eigenvalue weighted by atomic mass is 9.82. The van der Waals surface area contributed by atoms with Crippen LogP contribution >= 0.6 is 0 Å². The van der Waals surface area contributed by atoms with Crippen molar-refractivity contribution in [2.24, 2.45) is 0 Å². The van der Waals surface area contributed by atoms with Crippen molar-refractivity contribution in [2.75, 3.05) is 4.90 Å². The first kappa shape index (κ1) is 32.7. The number of anilines is 3. The Labute approximate surface area is 323 Å². The van der Waals surface area contributed by atoms with Gasteiger partial charge in [-0.25, -0.2) is 0 Å². The van der Waals surface area contributed by atoms with Gasteiger partial charge in [0.2, 0.25) is 0 Å². The number of nitrogens with one attached hydrogen (secondary N) is 1. The van der Waals surface area contributed by atoms with Gasteiger partial charge in [-0.2, -0.15) is 0 Å². The number of aromatic nitrogens is 1. The highest BCUT2D eigenvalue weighted by Gasteiger charge is 2.35. The zero-order valence-electron chi connectivity index (χ0n) is 31.0. The zero-order valence-corrected chi connectivity index (χ0v) is 31.0. The number of hydrogen-bond acceptors (Lipinski definition) is 1. The Morgan fingerprint density at radius 1 is 0.382 bits per heavy atom. The lowest BCUT2D eigenvalue weighted by Gasteiger charge is -2.28. The third kappa shape index (κ3) is 5.66. The van der Waals surface area contributed by atoms with Crippen molar-refractivity contribution in [3.63, 3.8) is 0 Å². The molecule has 0 fully saturated rings. The predicted molar refractivity (Wildman–Crippen MR) is 232 cm³/mol. The lowest BCUT2D eigenvalue weighted by Crippen LogP contribution is -2.16. The molecule has 1 aliphatic carbocycles. The van der Waals surface area contributed by atoms with E-state index in [1.807, 2.05) is 0 Å². The van der Waals surface area contributed by atoms with Crippen molar-refractivity contribution in [3.05, 3.63) is 211 Å². The van der Waals surface area contributed by atoms with Crippen molar-refractivity contribution in [1.29, 1.82) is 0 Å². The zero-order chi connectivity index (χ0) is 36.9. The molecule has 1 aliphatic rings. The molecular weight excluding hydrogens is 665 g/mol. The van der Waals surface area contributed by atoms with Gasteiger partial charge in [-0.1, -0.05) is 166 Å². The second-order valence-electron chi connectivity index (χ2n) is 15.1. The fraction of sp³-hybridized carbons (Fsp3) is 0.0566. The van der Waals surface area contributed by atoms with E-state index in [0.29, 0.717) is 0 Å². The summed E-state index contributed by atoms with van der Waals surface area (Å²) in [5.74, 6) is 0. The fourth-order valence-corrected chi connectivity index (χ4v) is 8.61. The summed E-state index contributed by atoms with van der Waals surface area (Å²) >= 11 is 0. The summed E-state index contributed by atoms with van der Waals surface area (Å²) in [6.07, 6.45) is 0. The van der Waals surface area contributed by atoms with Gasteiger partial charge >= 0.3 is 0 Å². The van der Waals surface area contributed by atoms with Gasteiger partial charge in [0.05, 0.1) is 5.69 Å².